The van der Waals surface area contributed by atoms with Crippen molar-refractivity contribution in [1.82, 2.24) is 4.98 Å². The first-order valence-electron chi connectivity index (χ1n) is 5.94. The topological polar surface area (TPSA) is 59.4 Å². The first kappa shape index (κ1) is 13.2. The monoisotopic (exact) mass is 257 g/mol. The van der Waals surface area contributed by atoms with Crippen molar-refractivity contribution in [3.63, 3.8) is 0 Å². The molecule has 19 heavy (non-hydrogen) atoms. The summed E-state index contributed by atoms with van der Waals surface area (Å²) in [4.78, 5) is 14.4. The predicted octanol–water partition coefficient (Wildman–Crippen LogP) is 2.18. The van der Waals surface area contributed by atoms with Crippen molar-refractivity contribution in [1.29, 1.82) is 0 Å². The quantitative estimate of drug-likeness (QED) is 0.834. The lowest BCUT2D eigenvalue weighted by atomic mass is 9.97. The second-order valence-corrected chi connectivity index (χ2v) is 4.47. The van der Waals surface area contributed by atoms with Gasteiger partial charge in [-0.1, -0.05) is 30.3 Å². The summed E-state index contributed by atoms with van der Waals surface area (Å²) < 4.78 is 5.50. The van der Waals surface area contributed by atoms with E-state index in [0.717, 1.165) is 5.56 Å². The first-order chi connectivity index (χ1) is 9.12. The maximum atomic E-state index is 10.5. The van der Waals surface area contributed by atoms with Gasteiger partial charge in [-0.25, -0.2) is 4.98 Å². The Morgan fingerprint density at radius 1 is 1.26 bits per heavy atom. The summed E-state index contributed by atoms with van der Waals surface area (Å²) in [5.41, 5.74) is 0.0551. The Balaban J connectivity index is 2.03. The van der Waals surface area contributed by atoms with E-state index in [0.29, 0.717) is 17.7 Å². The van der Waals surface area contributed by atoms with Gasteiger partial charge in [0.1, 0.15) is 23.7 Å². The maximum Gasteiger partial charge on any atom is 0.168 e. The highest BCUT2D eigenvalue weighted by Crippen LogP contribution is 2.21. The van der Waals surface area contributed by atoms with Gasteiger partial charge in [0.15, 0.2) is 6.29 Å². The van der Waals surface area contributed by atoms with Crippen LogP contribution in [0.25, 0.3) is 0 Å². The van der Waals surface area contributed by atoms with Gasteiger partial charge in [0.2, 0.25) is 0 Å². The predicted molar refractivity (Wildman–Crippen MR) is 71.1 cm³/mol. The molecule has 0 fully saturated rings. The lowest BCUT2D eigenvalue weighted by molar-refractivity contribution is 0.00748. The molecule has 0 bridgehead atoms. The Morgan fingerprint density at radius 3 is 2.58 bits per heavy atom. The summed E-state index contributed by atoms with van der Waals surface area (Å²) in [6.07, 6.45) is 2.13. The fourth-order valence-corrected chi connectivity index (χ4v) is 1.65. The SMILES string of the molecule is CC(O)(COc1ccc(C=O)nc1)c1ccccc1. The molecule has 1 N–H and O–H groups in total. The number of pyridine rings is 1. The lowest BCUT2D eigenvalue weighted by Gasteiger charge is -2.23. The van der Waals surface area contributed by atoms with E-state index in [4.69, 9.17) is 4.74 Å². The molecule has 0 spiro atoms. The third-order valence-corrected chi connectivity index (χ3v) is 2.80. The molecule has 2 rings (SSSR count). The molecule has 0 aliphatic rings. The summed E-state index contributed by atoms with van der Waals surface area (Å²) in [7, 11) is 0. The lowest BCUT2D eigenvalue weighted by Crippen LogP contribution is -2.29. The van der Waals surface area contributed by atoms with Gasteiger partial charge >= 0.3 is 0 Å². The number of nitrogens with zero attached hydrogens (tertiary/aromatic N) is 1. The van der Waals surface area contributed by atoms with E-state index in [1.54, 1.807) is 19.1 Å². The number of ether oxygens (including phenoxy) is 1. The summed E-state index contributed by atoms with van der Waals surface area (Å²) in [5, 5.41) is 10.3. The second-order valence-electron chi connectivity index (χ2n) is 4.47. The maximum absolute atomic E-state index is 10.5. The standard InChI is InChI=1S/C15H15NO3/c1-15(18,12-5-3-2-4-6-12)11-19-14-8-7-13(10-17)16-9-14/h2-10,18H,11H2,1H3. The van der Waals surface area contributed by atoms with Gasteiger partial charge in [-0.05, 0) is 24.6 Å². The van der Waals surface area contributed by atoms with E-state index in [9.17, 15) is 9.90 Å². The van der Waals surface area contributed by atoms with Crippen molar-refractivity contribution in [3.05, 3.63) is 59.9 Å². The summed E-state index contributed by atoms with van der Waals surface area (Å²) in [6, 6.07) is 12.5. The summed E-state index contributed by atoms with van der Waals surface area (Å²) >= 11 is 0. The number of benzene rings is 1. The number of carbonyl (C=O) groups excluding carboxylic acids is 1. The minimum atomic E-state index is -1.08. The van der Waals surface area contributed by atoms with Crippen LogP contribution in [0, 0.1) is 0 Å². The Kier molecular flexibility index (Phi) is 3.92. The number of carbonyl (C=O) groups is 1. The van der Waals surface area contributed by atoms with E-state index < -0.39 is 5.60 Å². The third-order valence-electron chi connectivity index (χ3n) is 2.80. The molecule has 4 heteroatoms. The van der Waals surface area contributed by atoms with Crippen molar-refractivity contribution >= 4 is 6.29 Å². The van der Waals surface area contributed by atoms with Gasteiger partial charge in [-0.15, -0.1) is 0 Å². The Bertz CT molecular complexity index is 535. The Labute approximate surface area is 111 Å². The largest absolute Gasteiger partial charge is 0.489 e. The number of aliphatic hydroxyl groups is 1. The molecular formula is C15H15NO3. The zero-order valence-corrected chi connectivity index (χ0v) is 10.6. The van der Waals surface area contributed by atoms with Gasteiger partial charge < -0.3 is 9.84 Å². The molecular weight excluding hydrogens is 242 g/mol. The number of rotatable bonds is 5. The van der Waals surface area contributed by atoms with Crippen molar-refractivity contribution in [2.45, 2.75) is 12.5 Å². The van der Waals surface area contributed by atoms with Crippen LogP contribution in [0.2, 0.25) is 0 Å². The van der Waals surface area contributed by atoms with Gasteiger partial charge in [0.05, 0.1) is 6.20 Å². The Hall–Kier alpha value is -2.20. The van der Waals surface area contributed by atoms with E-state index in [1.807, 2.05) is 30.3 Å². The number of aldehydes is 1. The van der Waals surface area contributed by atoms with Crippen molar-refractivity contribution in [2.24, 2.45) is 0 Å². The normalized spacial score (nSPS) is 13.6. The summed E-state index contributed by atoms with van der Waals surface area (Å²) in [5.74, 6) is 0.516. The molecule has 4 nitrogen and oxygen atoms in total. The number of hydrogen-bond donors (Lipinski definition) is 1. The van der Waals surface area contributed by atoms with E-state index in [-0.39, 0.29) is 6.61 Å². The average molecular weight is 257 g/mol. The fourth-order valence-electron chi connectivity index (χ4n) is 1.65. The highest BCUT2D eigenvalue weighted by Gasteiger charge is 2.23. The van der Waals surface area contributed by atoms with E-state index in [2.05, 4.69) is 4.98 Å². The van der Waals surface area contributed by atoms with Crippen molar-refractivity contribution in [3.8, 4) is 5.75 Å². The van der Waals surface area contributed by atoms with Crippen LogP contribution in [0.15, 0.2) is 48.7 Å². The average Bonchev–Trinajstić information content (AvgIpc) is 2.47. The molecule has 0 saturated carbocycles. The van der Waals surface area contributed by atoms with Gasteiger partial charge in [-0.2, -0.15) is 0 Å². The molecule has 0 saturated heterocycles. The van der Waals surface area contributed by atoms with Crippen LogP contribution in [-0.4, -0.2) is 23.0 Å². The van der Waals surface area contributed by atoms with E-state index >= 15 is 0 Å². The van der Waals surface area contributed by atoms with Crippen molar-refractivity contribution < 1.29 is 14.6 Å². The molecule has 98 valence electrons. The minimum absolute atomic E-state index is 0.110. The van der Waals surface area contributed by atoms with Gasteiger partial charge in [-0.3, -0.25) is 4.79 Å². The van der Waals surface area contributed by atoms with E-state index in [1.165, 1.54) is 6.20 Å². The van der Waals surface area contributed by atoms with Crippen LogP contribution in [0.5, 0.6) is 5.75 Å². The van der Waals surface area contributed by atoms with Crippen molar-refractivity contribution in [2.75, 3.05) is 6.61 Å². The molecule has 0 radical (unpaired) electrons. The second kappa shape index (κ2) is 5.63. The number of hydrogen-bond acceptors (Lipinski definition) is 4. The third kappa shape index (κ3) is 3.39. The molecule has 1 heterocycles. The first-order valence-corrected chi connectivity index (χ1v) is 5.94. The molecule has 1 atom stereocenters. The molecule has 0 aliphatic heterocycles. The molecule has 0 aliphatic carbocycles. The van der Waals surface area contributed by atoms with Crippen LogP contribution in [-0.2, 0) is 5.60 Å². The van der Waals surface area contributed by atoms with Crippen LogP contribution in [0.3, 0.4) is 0 Å². The smallest absolute Gasteiger partial charge is 0.168 e. The van der Waals surface area contributed by atoms with Gasteiger partial charge in [0, 0.05) is 0 Å². The highest BCUT2D eigenvalue weighted by atomic mass is 16.5. The molecule has 1 unspecified atom stereocenters. The molecule has 0 amide bonds. The summed E-state index contributed by atoms with van der Waals surface area (Å²) in [6.45, 7) is 1.80. The van der Waals surface area contributed by atoms with Gasteiger partial charge in [0.25, 0.3) is 0 Å². The van der Waals surface area contributed by atoms with Crippen LogP contribution >= 0.6 is 0 Å². The number of aromatic nitrogens is 1. The van der Waals surface area contributed by atoms with Crippen LogP contribution < -0.4 is 4.74 Å². The molecule has 1 aromatic heterocycles. The van der Waals surface area contributed by atoms with Crippen LogP contribution in [0.4, 0.5) is 0 Å². The zero-order valence-electron chi connectivity index (χ0n) is 10.6. The zero-order chi connectivity index (χ0) is 13.7. The molecule has 1 aromatic carbocycles. The highest BCUT2D eigenvalue weighted by molar-refractivity contribution is 5.71. The Morgan fingerprint density at radius 2 is 2.00 bits per heavy atom. The minimum Gasteiger partial charge on any atom is -0.489 e. The molecule has 2 aromatic rings. The fraction of sp³-hybridized carbons (Fsp3) is 0.200. The van der Waals surface area contributed by atoms with Crippen LogP contribution in [0.1, 0.15) is 23.0 Å².